The molecule has 1 N–H and O–H groups in total. The van der Waals surface area contributed by atoms with Crippen LogP contribution in [0.2, 0.25) is 0 Å². The van der Waals surface area contributed by atoms with Gasteiger partial charge in [-0.1, -0.05) is 12.8 Å². The molecule has 0 aromatic heterocycles. The van der Waals surface area contributed by atoms with Crippen LogP contribution in [0, 0.1) is 0 Å². The number of carbonyl (C=O) groups excluding carboxylic acids is 1. The second kappa shape index (κ2) is 6.97. The van der Waals surface area contributed by atoms with Gasteiger partial charge in [0.1, 0.15) is 0 Å². The molecular weight excluding hydrogens is 216 g/mol. The molecule has 0 radical (unpaired) electrons. The molecule has 98 valence electrons. The Morgan fingerprint density at radius 2 is 1.94 bits per heavy atom. The monoisotopic (exact) mass is 240 g/mol. The van der Waals surface area contributed by atoms with Crippen molar-refractivity contribution in [2.24, 2.45) is 0 Å². The highest BCUT2D eigenvalue weighted by atomic mass is 16.5. The van der Waals surface area contributed by atoms with Crippen molar-refractivity contribution in [2.45, 2.75) is 44.6 Å². The third-order valence-electron chi connectivity index (χ3n) is 3.66. The van der Waals surface area contributed by atoms with Crippen LogP contribution in [0.1, 0.15) is 38.5 Å². The minimum Gasteiger partial charge on any atom is -0.380 e. The van der Waals surface area contributed by atoms with Gasteiger partial charge in [0.05, 0.1) is 13.2 Å². The Morgan fingerprint density at radius 1 is 1.18 bits per heavy atom. The van der Waals surface area contributed by atoms with E-state index in [1.807, 2.05) is 4.90 Å². The fourth-order valence-electron chi connectivity index (χ4n) is 2.57. The van der Waals surface area contributed by atoms with Crippen LogP contribution in [0.5, 0.6) is 0 Å². The largest absolute Gasteiger partial charge is 0.380 e. The number of carbonyl (C=O) groups is 1. The average molecular weight is 240 g/mol. The smallest absolute Gasteiger partial charge is 0.236 e. The van der Waals surface area contributed by atoms with E-state index in [0.29, 0.717) is 12.6 Å². The molecule has 1 amide bonds. The highest BCUT2D eigenvalue weighted by Crippen LogP contribution is 2.10. The summed E-state index contributed by atoms with van der Waals surface area (Å²) in [6, 6.07) is 0.375. The fraction of sp³-hybridized carbons (Fsp3) is 0.923. The maximum atomic E-state index is 12.0. The van der Waals surface area contributed by atoms with E-state index in [1.165, 1.54) is 12.8 Å². The predicted molar refractivity (Wildman–Crippen MR) is 66.9 cm³/mol. The van der Waals surface area contributed by atoms with Crippen LogP contribution in [0.15, 0.2) is 0 Å². The highest BCUT2D eigenvalue weighted by Gasteiger charge is 2.18. The molecule has 2 rings (SSSR count). The first-order valence-corrected chi connectivity index (χ1v) is 6.95. The van der Waals surface area contributed by atoms with Crippen molar-refractivity contribution >= 4 is 5.91 Å². The minimum absolute atomic E-state index is 0.262. The van der Waals surface area contributed by atoms with Gasteiger partial charge in [0, 0.05) is 25.7 Å². The summed E-state index contributed by atoms with van der Waals surface area (Å²) in [5.41, 5.74) is 0. The van der Waals surface area contributed by atoms with Crippen molar-refractivity contribution in [3.05, 3.63) is 0 Å². The molecule has 2 aliphatic rings. The van der Waals surface area contributed by atoms with Gasteiger partial charge in [-0.05, 0) is 25.7 Å². The van der Waals surface area contributed by atoms with Crippen molar-refractivity contribution in [3.63, 3.8) is 0 Å². The van der Waals surface area contributed by atoms with Gasteiger partial charge in [0.15, 0.2) is 0 Å². The van der Waals surface area contributed by atoms with Gasteiger partial charge in [-0.3, -0.25) is 4.79 Å². The topological polar surface area (TPSA) is 41.6 Å². The van der Waals surface area contributed by atoms with Crippen molar-refractivity contribution in [1.82, 2.24) is 10.2 Å². The first-order chi connectivity index (χ1) is 8.36. The highest BCUT2D eigenvalue weighted by molar-refractivity contribution is 5.78. The summed E-state index contributed by atoms with van der Waals surface area (Å²) < 4.78 is 5.39. The van der Waals surface area contributed by atoms with Crippen LogP contribution >= 0.6 is 0 Å². The molecule has 0 bridgehead atoms. The molecular formula is C13H24N2O2. The van der Waals surface area contributed by atoms with E-state index in [1.54, 1.807) is 0 Å². The van der Waals surface area contributed by atoms with Crippen molar-refractivity contribution in [2.75, 3.05) is 32.8 Å². The van der Waals surface area contributed by atoms with Crippen LogP contribution in [-0.4, -0.2) is 49.7 Å². The molecule has 0 saturated carbocycles. The Bertz CT molecular complexity index is 232. The summed E-state index contributed by atoms with van der Waals surface area (Å²) in [6.45, 7) is 4.00. The van der Waals surface area contributed by atoms with Gasteiger partial charge in [-0.25, -0.2) is 0 Å². The van der Waals surface area contributed by atoms with Gasteiger partial charge >= 0.3 is 0 Å². The van der Waals surface area contributed by atoms with Crippen molar-refractivity contribution in [3.8, 4) is 0 Å². The van der Waals surface area contributed by atoms with Crippen LogP contribution in [0.4, 0.5) is 0 Å². The molecule has 2 fully saturated rings. The first kappa shape index (κ1) is 12.8. The number of rotatable bonds is 3. The molecule has 1 atom stereocenters. The van der Waals surface area contributed by atoms with Gasteiger partial charge in [0.2, 0.25) is 5.91 Å². The number of nitrogens with zero attached hydrogens (tertiary/aromatic N) is 1. The standard InChI is InChI=1S/C13H24N2O2/c16-13(15-7-3-1-2-4-8-15)10-14-12-6-5-9-17-11-12/h12,14H,1-11H2. The molecule has 4 nitrogen and oxygen atoms in total. The molecule has 0 aromatic carbocycles. The van der Waals surface area contributed by atoms with E-state index >= 15 is 0 Å². The van der Waals surface area contributed by atoms with Crippen molar-refractivity contribution < 1.29 is 9.53 Å². The third kappa shape index (κ3) is 4.28. The number of likely N-dealkylation sites (tertiary alicyclic amines) is 1. The molecule has 2 heterocycles. The van der Waals surface area contributed by atoms with Crippen LogP contribution in [-0.2, 0) is 9.53 Å². The van der Waals surface area contributed by atoms with E-state index in [2.05, 4.69) is 5.32 Å². The lowest BCUT2D eigenvalue weighted by atomic mass is 10.1. The summed E-state index contributed by atoms with van der Waals surface area (Å²) >= 11 is 0. The van der Waals surface area contributed by atoms with E-state index in [9.17, 15) is 4.79 Å². The molecule has 17 heavy (non-hydrogen) atoms. The Labute approximate surface area is 104 Å². The molecule has 0 aromatic rings. The Hall–Kier alpha value is -0.610. The molecule has 2 aliphatic heterocycles. The normalized spacial score (nSPS) is 26.6. The number of nitrogens with one attached hydrogen (secondary N) is 1. The lowest BCUT2D eigenvalue weighted by Crippen LogP contribution is -2.44. The number of hydrogen-bond acceptors (Lipinski definition) is 3. The van der Waals surface area contributed by atoms with Gasteiger partial charge in [-0.15, -0.1) is 0 Å². The zero-order valence-corrected chi connectivity index (χ0v) is 10.6. The van der Waals surface area contributed by atoms with Crippen molar-refractivity contribution in [1.29, 1.82) is 0 Å². The summed E-state index contributed by atoms with van der Waals surface area (Å²) in [4.78, 5) is 14.0. The van der Waals surface area contributed by atoms with Gasteiger partial charge in [-0.2, -0.15) is 0 Å². The third-order valence-corrected chi connectivity index (χ3v) is 3.66. The van der Waals surface area contributed by atoms with Crippen LogP contribution in [0.3, 0.4) is 0 Å². The molecule has 0 spiro atoms. The second-order valence-electron chi connectivity index (χ2n) is 5.09. The lowest BCUT2D eigenvalue weighted by Gasteiger charge is -2.25. The minimum atomic E-state index is 0.262. The number of ether oxygens (including phenoxy) is 1. The quantitative estimate of drug-likeness (QED) is 0.805. The predicted octanol–water partition coefficient (Wildman–Crippen LogP) is 1.16. The summed E-state index contributed by atoms with van der Waals surface area (Å²) in [5, 5.41) is 3.32. The maximum absolute atomic E-state index is 12.0. The van der Waals surface area contributed by atoms with Gasteiger partial charge < -0.3 is 15.0 Å². The lowest BCUT2D eigenvalue weighted by molar-refractivity contribution is -0.130. The second-order valence-corrected chi connectivity index (χ2v) is 5.09. The Balaban J connectivity index is 1.68. The van der Waals surface area contributed by atoms with Crippen LogP contribution < -0.4 is 5.32 Å². The van der Waals surface area contributed by atoms with Crippen LogP contribution in [0.25, 0.3) is 0 Å². The summed E-state index contributed by atoms with van der Waals surface area (Å²) in [5.74, 6) is 0.262. The SMILES string of the molecule is O=C(CNC1CCCOC1)N1CCCCCC1. The maximum Gasteiger partial charge on any atom is 0.236 e. The zero-order valence-electron chi connectivity index (χ0n) is 10.6. The first-order valence-electron chi connectivity index (χ1n) is 6.95. The van der Waals surface area contributed by atoms with E-state index in [4.69, 9.17) is 4.74 Å². The molecule has 0 aliphatic carbocycles. The molecule has 4 heteroatoms. The summed E-state index contributed by atoms with van der Waals surface area (Å²) in [6.07, 6.45) is 7.11. The Morgan fingerprint density at radius 3 is 2.59 bits per heavy atom. The zero-order chi connectivity index (χ0) is 11.9. The van der Waals surface area contributed by atoms with Gasteiger partial charge in [0.25, 0.3) is 0 Å². The summed E-state index contributed by atoms with van der Waals surface area (Å²) in [7, 11) is 0. The average Bonchev–Trinajstić information content (AvgIpc) is 2.66. The van der Waals surface area contributed by atoms with E-state index in [-0.39, 0.29) is 5.91 Å². The molecule has 1 unspecified atom stereocenters. The number of hydrogen-bond donors (Lipinski definition) is 1. The van der Waals surface area contributed by atoms with E-state index < -0.39 is 0 Å². The fourth-order valence-corrected chi connectivity index (χ4v) is 2.57. The number of amides is 1. The van der Waals surface area contributed by atoms with E-state index in [0.717, 1.165) is 52.0 Å². The molecule has 2 saturated heterocycles. The Kier molecular flexibility index (Phi) is 5.26.